The fourth-order valence-corrected chi connectivity index (χ4v) is 2.43. The number of alkyl halides is 1. The van der Waals surface area contributed by atoms with E-state index in [-0.39, 0.29) is 0 Å². The standard InChI is InChI=1S/C13H28ClN/c1-5-12(6-2)11-15(10-9-14)13(7-3)8-4/h12-13H,5-11H2,1-4H3. The molecule has 0 unspecified atom stereocenters. The average Bonchev–Trinajstić information content (AvgIpc) is 2.27. The molecule has 0 aliphatic carbocycles. The van der Waals surface area contributed by atoms with Gasteiger partial charge in [0.1, 0.15) is 0 Å². The van der Waals surface area contributed by atoms with Gasteiger partial charge in [-0.25, -0.2) is 0 Å². The minimum absolute atomic E-state index is 0.726. The molecule has 0 amide bonds. The van der Waals surface area contributed by atoms with Gasteiger partial charge in [-0.2, -0.15) is 0 Å². The highest BCUT2D eigenvalue weighted by Gasteiger charge is 2.17. The Kier molecular flexibility index (Phi) is 9.63. The van der Waals surface area contributed by atoms with E-state index in [1.165, 1.54) is 32.2 Å². The average molecular weight is 234 g/mol. The lowest BCUT2D eigenvalue weighted by molar-refractivity contribution is 0.162. The van der Waals surface area contributed by atoms with Crippen molar-refractivity contribution in [3.63, 3.8) is 0 Å². The first-order chi connectivity index (χ1) is 7.23. The third-order valence-electron chi connectivity index (χ3n) is 3.48. The van der Waals surface area contributed by atoms with E-state index in [1.54, 1.807) is 0 Å². The molecule has 0 saturated carbocycles. The fourth-order valence-electron chi connectivity index (χ4n) is 2.22. The lowest BCUT2D eigenvalue weighted by Gasteiger charge is -2.32. The molecule has 0 bridgehead atoms. The Morgan fingerprint density at radius 1 is 0.933 bits per heavy atom. The molecule has 0 aliphatic rings. The zero-order chi connectivity index (χ0) is 11.7. The fraction of sp³-hybridized carbons (Fsp3) is 1.00. The minimum Gasteiger partial charge on any atom is -0.299 e. The second-order valence-electron chi connectivity index (χ2n) is 4.34. The molecular weight excluding hydrogens is 206 g/mol. The first-order valence-corrected chi connectivity index (χ1v) is 7.06. The van der Waals surface area contributed by atoms with Crippen LogP contribution in [0.4, 0.5) is 0 Å². The Morgan fingerprint density at radius 3 is 1.80 bits per heavy atom. The lowest BCUT2D eigenvalue weighted by Crippen LogP contribution is -2.39. The maximum Gasteiger partial charge on any atom is 0.0351 e. The molecule has 2 heteroatoms. The molecule has 0 heterocycles. The van der Waals surface area contributed by atoms with E-state index < -0.39 is 0 Å². The Bertz CT molecular complexity index is 130. The van der Waals surface area contributed by atoms with Crippen molar-refractivity contribution in [3.05, 3.63) is 0 Å². The first-order valence-electron chi connectivity index (χ1n) is 6.53. The maximum atomic E-state index is 5.88. The smallest absolute Gasteiger partial charge is 0.0351 e. The predicted octanol–water partition coefficient (Wildman–Crippen LogP) is 4.15. The molecule has 0 spiro atoms. The summed E-state index contributed by atoms with van der Waals surface area (Å²) >= 11 is 5.88. The summed E-state index contributed by atoms with van der Waals surface area (Å²) in [6, 6.07) is 0.726. The van der Waals surface area contributed by atoms with Gasteiger partial charge in [-0.15, -0.1) is 11.6 Å². The molecule has 0 aromatic rings. The molecule has 0 saturated heterocycles. The normalized spacial score (nSPS) is 12.0. The van der Waals surface area contributed by atoms with Crippen molar-refractivity contribution in [2.75, 3.05) is 19.0 Å². The molecule has 92 valence electrons. The van der Waals surface area contributed by atoms with Crippen molar-refractivity contribution in [2.45, 2.75) is 59.4 Å². The summed E-state index contributed by atoms with van der Waals surface area (Å²) in [5.41, 5.74) is 0. The Hall–Kier alpha value is 0.250. The summed E-state index contributed by atoms with van der Waals surface area (Å²) in [5.74, 6) is 1.60. The van der Waals surface area contributed by atoms with Gasteiger partial charge < -0.3 is 0 Å². The van der Waals surface area contributed by atoms with Crippen LogP contribution in [0.3, 0.4) is 0 Å². The number of hydrogen-bond donors (Lipinski definition) is 0. The van der Waals surface area contributed by atoms with Gasteiger partial charge in [-0.1, -0.05) is 40.5 Å². The predicted molar refractivity (Wildman–Crippen MR) is 70.7 cm³/mol. The monoisotopic (exact) mass is 233 g/mol. The van der Waals surface area contributed by atoms with Crippen LogP contribution >= 0.6 is 11.6 Å². The molecular formula is C13H28ClN. The van der Waals surface area contributed by atoms with Crippen molar-refractivity contribution in [3.8, 4) is 0 Å². The molecule has 1 nitrogen and oxygen atoms in total. The summed E-state index contributed by atoms with van der Waals surface area (Å²) in [6.07, 6.45) is 5.06. The highest BCUT2D eigenvalue weighted by atomic mass is 35.5. The Morgan fingerprint density at radius 2 is 1.47 bits per heavy atom. The molecule has 0 aromatic carbocycles. The van der Waals surface area contributed by atoms with E-state index in [0.29, 0.717) is 0 Å². The van der Waals surface area contributed by atoms with E-state index in [1.807, 2.05) is 0 Å². The molecule has 0 rings (SSSR count). The Labute approximate surface area is 101 Å². The highest BCUT2D eigenvalue weighted by Crippen LogP contribution is 2.15. The van der Waals surface area contributed by atoms with Crippen LogP contribution in [0, 0.1) is 5.92 Å². The summed E-state index contributed by atoms with van der Waals surface area (Å²) in [6.45, 7) is 11.4. The van der Waals surface area contributed by atoms with Gasteiger partial charge in [0, 0.05) is 25.0 Å². The van der Waals surface area contributed by atoms with Crippen LogP contribution in [0.25, 0.3) is 0 Å². The topological polar surface area (TPSA) is 3.24 Å². The SMILES string of the molecule is CCC(CC)CN(CCCl)C(CC)CC. The number of nitrogens with zero attached hydrogens (tertiary/aromatic N) is 1. The maximum absolute atomic E-state index is 5.88. The highest BCUT2D eigenvalue weighted by molar-refractivity contribution is 6.18. The van der Waals surface area contributed by atoms with Gasteiger partial charge >= 0.3 is 0 Å². The molecule has 0 fully saturated rings. The molecule has 15 heavy (non-hydrogen) atoms. The summed E-state index contributed by atoms with van der Waals surface area (Å²) in [7, 11) is 0. The summed E-state index contributed by atoms with van der Waals surface area (Å²) in [4.78, 5) is 2.59. The van der Waals surface area contributed by atoms with Crippen molar-refractivity contribution >= 4 is 11.6 Å². The van der Waals surface area contributed by atoms with Crippen molar-refractivity contribution in [1.82, 2.24) is 4.90 Å². The zero-order valence-corrected chi connectivity index (χ0v) is 11.7. The van der Waals surface area contributed by atoms with E-state index >= 15 is 0 Å². The van der Waals surface area contributed by atoms with E-state index in [4.69, 9.17) is 11.6 Å². The quantitative estimate of drug-likeness (QED) is 0.541. The van der Waals surface area contributed by atoms with Crippen molar-refractivity contribution < 1.29 is 0 Å². The molecule has 0 radical (unpaired) electrons. The van der Waals surface area contributed by atoms with Gasteiger partial charge in [-0.3, -0.25) is 4.90 Å². The van der Waals surface area contributed by atoms with E-state index in [0.717, 1.165) is 24.4 Å². The number of halogens is 1. The van der Waals surface area contributed by atoms with Crippen LogP contribution < -0.4 is 0 Å². The van der Waals surface area contributed by atoms with E-state index in [9.17, 15) is 0 Å². The van der Waals surface area contributed by atoms with Gasteiger partial charge in [0.15, 0.2) is 0 Å². The summed E-state index contributed by atoms with van der Waals surface area (Å²) < 4.78 is 0. The molecule has 0 N–H and O–H groups in total. The van der Waals surface area contributed by atoms with Gasteiger partial charge in [0.2, 0.25) is 0 Å². The molecule has 0 atom stereocenters. The van der Waals surface area contributed by atoms with Crippen LogP contribution in [0.2, 0.25) is 0 Å². The van der Waals surface area contributed by atoms with Gasteiger partial charge in [-0.05, 0) is 18.8 Å². The molecule has 0 aromatic heterocycles. The van der Waals surface area contributed by atoms with Crippen LogP contribution in [-0.4, -0.2) is 29.9 Å². The van der Waals surface area contributed by atoms with E-state index in [2.05, 4.69) is 32.6 Å². The Balaban J connectivity index is 4.22. The first kappa shape index (κ1) is 15.2. The third kappa shape index (κ3) is 5.77. The second-order valence-corrected chi connectivity index (χ2v) is 4.71. The van der Waals surface area contributed by atoms with Crippen LogP contribution in [0.1, 0.15) is 53.4 Å². The minimum atomic E-state index is 0.726. The largest absolute Gasteiger partial charge is 0.299 e. The van der Waals surface area contributed by atoms with Crippen LogP contribution in [-0.2, 0) is 0 Å². The number of hydrogen-bond acceptors (Lipinski definition) is 1. The van der Waals surface area contributed by atoms with Gasteiger partial charge in [0.25, 0.3) is 0 Å². The zero-order valence-electron chi connectivity index (χ0n) is 10.9. The second kappa shape index (κ2) is 9.47. The lowest BCUT2D eigenvalue weighted by atomic mass is 10.0. The van der Waals surface area contributed by atoms with Crippen LogP contribution in [0.15, 0.2) is 0 Å². The molecule has 0 aliphatic heterocycles. The van der Waals surface area contributed by atoms with Crippen molar-refractivity contribution in [1.29, 1.82) is 0 Å². The van der Waals surface area contributed by atoms with Crippen LogP contribution in [0.5, 0.6) is 0 Å². The number of rotatable bonds is 9. The van der Waals surface area contributed by atoms with Gasteiger partial charge in [0.05, 0.1) is 0 Å². The third-order valence-corrected chi connectivity index (χ3v) is 3.65. The van der Waals surface area contributed by atoms with Crippen molar-refractivity contribution in [2.24, 2.45) is 5.92 Å². The summed E-state index contributed by atoms with van der Waals surface area (Å²) in [5, 5.41) is 0.